The quantitative estimate of drug-likeness (QED) is 0.776. The first-order valence-electron chi connectivity index (χ1n) is 10.0. The van der Waals surface area contributed by atoms with Gasteiger partial charge in [-0.15, -0.1) is 0 Å². The molecular formula is C20H28N4O4. The molecule has 3 saturated heterocycles. The number of methoxy groups -OCH3 is 2. The standard InChI is InChI=1S/C20H28N4O4/c1-27-17-7-6-14(20(23-17)28-2)19(26)22-11-16-13-8-12(9-21-10-13)15-4-3-5-18(25)24(15)16/h6-7,12-13,15-16,21H,3-5,8-11H2,1-2H3,(H,22,26)/t12-,13+,15+,16+/m1/s1. The fourth-order valence-electron chi connectivity index (χ4n) is 5.06. The van der Waals surface area contributed by atoms with Crippen molar-refractivity contribution < 1.29 is 19.1 Å². The van der Waals surface area contributed by atoms with Gasteiger partial charge in [-0.3, -0.25) is 9.59 Å². The van der Waals surface area contributed by atoms with Gasteiger partial charge in [0.1, 0.15) is 5.56 Å². The molecule has 4 rings (SSSR count). The van der Waals surface area contributed by atoms with Crippen molar-refractivity contribution in [1.29, 1.82) is 0 Å². The third-order valence-electron chi connectivity index (χ3n) is 6.35. The van der Waals surface area contributed by atoms with Crippen molar-refractivity contribution in [2.24, 2.45) is 11.8 Å². The number of nitrogens with one attached hydrogen (secondary N) is 2. The lowest BCUT2D eigenvalue weighted by Gasteiger charge is -2.54. The molecule has 4 heterocycles. The predicted molar refractivity (Wildman–Crippen MR) is 102 cm³/mol. The van der Waals surface area contributed by atoms with Crippen molar-refractivity contribution in [3.05, 3.63) is 17.7 Å². The van der Waals surface area contributed by atoms with E-state index < -0.39 is 0 Å². The van der Waals surface area contributed by atoms with Gasteiger partial charge in [0.25, 0.3) is 5.91 Å². The van der Waals surface area contributed by atoms with Crippen LogP contribution in [0.25, 0.3) is 0 Å². The summed E-state index contributed by atoms with van der Waals surface area (Å²) in [4.78, 5) is 31.8. The highest BCUT2D eigenvalue weighted by Crippen LogP contribution is 2.39. The lowest BCUT2D eigenvalue weighted by Crippen LogP contribution is -2.66. The molecule has 1 aromatic rings. The molecule has 2 N–H and O–H groups in total. The fraction of sp³-hybridized carbons (Fsp3) is 0.650. The van der Waals surface area contributed by atoms with Gasteiger partial charge in [-0.25, -0.2) is 0 Å². The topological polar surface area (TPSA) is 92.8 Å². The lowest BCUT2D eigenvalue weighted by molar-refractivity contribution is -0.148. The number of rotatable bonds is 5. The largest absolute Gasteiger partial charge is 0.481 e. The molecule has 1 aromatic heterocycles. The maximum Gasteiger partial charge on any atom is 0.256 e. The van der Waals surface area contributed by atoms with Crippen LogP contribution in [-0.4, -0.2) is 67.6 Å². The Bertz CT molecular complexity index is 756. The first-order chi connectivity index (χ1) is 13.6. The maximum atomic E-state index is 12.8. The predicted octanol–water partition coefficient (Wildman–Crippen LogP) is 0.818. The summed E-state index contributed by atoms with van der Waals surface area (Å²) in [7, 11) is 2.99. The van der Waals surface area contributed by atoms with E-state index in [1.165, 1.54) is 14.2 Å². The van der Waals surface area contributed by atoms with Crippen LogP contribution in [0.1, 0.15) is 36.0 Å². The highest BCUT2D eigenvalue weighted by atomic mass is 16.5. The van der Waals surface area contributed by atoms with Crippen LogP contribution in [0.3, 0.4) is 0 Å². The van der Waals surface area contributed by atoms with Crippen LogP contribution < -0.4 is 20.1 Å². The first kappa shape index (κ1) is 19.0. The van der Waals surface area contributed by atoms with Gasteiger partial charge < -0.3 is 25.0 Å². The molecule has 0 radical (unpaired) electrons. The molecule has 0 saturated carbocycles. The van der Waals surface area contributed by atoms with Gasteiger partial charge in [-0.05, 0) is 43.7 Å². The molecule has 2 bridgehead atoms. The Morgan fingerprint density at radius 3 is 2.89 bits per heavy atom. The Morgan fingerprint density at radius 1 is 1.29 bits per heavy atom. The second kappa shape index (κ2) is 7.95. The van der Waals surface area contributed by atoms with Crippen molar-refractivity contribution in [2.75, 3.05) is 33.9 Å². The summed E-state index contributed by atoms with van der Waals surface area (Å²) in [6.07, 6.45) is 3.76. The molecule has 0 spiro atoms. The van der Waals surface area contributed by atoms with Gasteiger partial charge in [0, 0.05) is 31.6 Å². The molecule has 0 unspecified atom stereocenters. The number of carbonyl (C=O) groups is 2. The number of hydrogen-bond acceptors (Lipinski definition) is 6. The van der Waals surface area contributed by atoms with Crippen LogP contribution in [0.5, 0.6) is 11.8 Å². The van der Waals surface area contributed by atoms with Crippen LogP contribution in [-0.2, 0) is 4.79 Å². The van der Waals surface area contributed by atoms with Gasteiger partial charge in [0.15, 0.2) is 0 Å². The van der Waals surface area contributed by atoms with E-state index in [2.05, 4.69) is 20.5 Å². The normalized spacial score (nSPS) is 29.1. The van der Waals surface area contributed by atoms with E-state index in [0.29, 0.717) is 42.3 Å². The lowest BCUT2D eigenvalue weighted by atomic mass is 9.72. The molecular weight excluding hydrogens is 360 g/mol. The number of fused-ring (bicyclic) bond motifs is 4. The number of aromatic nitrogens is 1. The molecule has 4 atom stereocenters. The van der Waals surface area contributed by atoms with Crippen molar-refractivity contribution in [1.82, 2.24) is 20.5 Å². The average molecular weight is 388 g/mol. The Kier molecular flexibility index (Phi) is 5.39. The first-order valence-corrected chi connectivity index (χ1v) is 10.0. The number of ether oxygens (including phenoxy) is 2. The minimum atomic E-state index is -0.251. The van der Waals surface area contributed by atoms with Crippen molar-refractivity contribution in [3.8, 4) is 11.8 Å². The molecule has 8 nitrogen and oxygen atoms in total. The van der Waals surface area contributed by atoms with Crippen LogP contribution in [0.2, 0.25) is 0 Å². The van der Waals surface area contributed by atoms with Crippen LogP contribution in [0.4, 0.5) is 0 Å². The zero-order valence-electron chi connectivity index (χ0n) is 16.4. The van der Waals surface area contributed by atoms with E-state index >= 15 is 0 Å². The van der Waals surface area contributed by atoms with Crippen molar-refractivity contribution >= 4 is 11.8 Å². The van der Waals surface area contributed by atoms with Gasteiger partial charge >= 0.3 is 0 Å². The van der Waals surface area contributed by atoms with Crippen molar-refractivity contribution in [3.63, 3.8) is 0 Å². The zero-order valence-corrected chi connectivity index (χ0v) is 16.4. The summed E-state index contributed by atoms with van der Waals surface area (Å²) >= 11 is 0. The molecule has 3 fully saturated rings. The molecule has 152 valence electrons. The highest BCUT2D eigenvalue weighted by molar-refractivity contribution is 5.96. The summed E-state index contributed by atoms with van der Waals surface area (Å²) in [6.45, 7) is 2.31. The second-order valence-electron chi connectivity index (χ2n) is 7.86. The fourth-order valence-corrected chi connectivity index (χ4v) is 5.06. The summed E-state index contributed by atoms with van der Waals surface area (Å²) < 4.78 is 10.3. The van der Waals surface area contributed by atoms with E-state index in [1.807, 2.05) is 0 Å². The third kappa shape index (κ3) is 3.41. The zero-order chi connectivity index (χ0) is 19.7. The maximum absolute atomic E-state index is 12.8. The van der Waals surface area contributed by atoms with E-state index in [1.54, 1.807) is 12.1 Å². The smallest absolute Gasteiger partial charge is 0.256 e. The Balaban J connectivity index is 1.50. The highest BCUT2D eigenvalue weighted by Gasteiger charge is 2.47. The number of carbonyl (C=O) groups excluding carboxylic acids is 2. The van der Waals surface area contributed by atoms with E-state index in [4.69, 9.17) is 9.47 Å². The minimum absolute atomic E-state index is 0.0306. The number of nitrogens with zero attached hydrogens (tertiary/aromatic N) is 2. The number of pyridine rings is 1. The number of piperidine rings is 3. The Labute approximate surface area is 165 Å². The molecule has 8 heteroatoms. The summed E-state index contributed by atoms with van der Waals surface area (Å²) in [5.74, 6) is 1.50. The summed E-state index contributed by atoms with van der Waals surface area (Å²) in [5.41, 5.74) is 0.361. The summed E-state index contributed by atoms with van der Waals surface area (Å²) in [5, 5.41) is 6.54. The van der Waals surface area contributed by atoms with E-state index in [0.717, 1.165) is 32.4 Å². The molecule has 0 aliphatic carbocycles. The summed E-state index contributed by atoms with van der Waals surface area (Å²) in [6, 6.07) is 3.61. The minimum Gasteiger partial charge on any atom is -0.481 e. The average Bonchev–Trinajstić information content (AvgIpc) is 2.73. The van der Waals surface area contributed by atoms with Crippen LogP contribution in [0.15, 0.2) is 12.1 Å². The molecule has 0 aromatic carbocycles. The molecule has 28 heavy (non-hydrogen) atoms. The van der Waals surface area contributed by atoms with Crippen LogP contribution in [0, 0.1) is 11.8 Å². The van der Waals surface area contributed by atoms with E-state index in [9.17, 15) is 9.59 Å². The van der Waals surface area contributed by atoms with Crippen molar-refractivity contribution in [2.45, 2.75) is 37.8 Å². The van der Waals surface area contributed by atoms with Crippen LogP contribution >= 0.6 is 0 Å². The van der Waals surface area contributed by atoms with Gasteiger partial charge in [0.2, 0.25) is 17.7 Å². The van der Waals surface area contributed by atoms with Gasteiger partial charge in [-0.2, -0.15) is 4.98 Å². The Morgan fingerprint density at radius 2 is 2.11 bits per heavy atom. The molecule has 3 aliphatic heterocycles. The van der Waals surface area contributed by atoms with Gasteiger partial charge in [0.05, 0.1) is 20.3 Å². The number of amides is 2. The molecule has 2 amide bonds. The number of hydrogen-bond donors (Lipinski definition) is 2. The molecule has 3 aliphatic rings. The van der Waals surface area contributed by atoms with Gasteiger partial charge in [-0.1, -0.05) is 0 Å². The monoisotopic (exact) mass is 388 g/mol. The third-order valence-corrected chi connectivity index (χ3v) is 6.35. The Hall–Kier alpha value is -2.35. The SMILES string of the molecule is COc1ccc(C(=O)NC[C@H]2[C@@H]3CNC[C@@H](C3)[C@@H]3CCCC(=O)N32)c(OC)n1. The van der Waals surface area contributed by atoms with E-state index in [-0.39, 0.29) is 23.7 Å². The second-order valence-corrected chi connectivity index (χ2v) is 7.86.